The minimum Gasteiger partial charge on any atom is -0.480 e. The summed E-state index contributed by atoms with van der Waals surface area (Å²) in [5, 5.41) is 11.0. The van der Waals surface area contributed by atoms with Gasteiger partial charge >= 0.3 is 10.8 Å². The van der Waals surface area contributed by atoms with E-state index in [9.17, 15) is 14.4 Å². The molecule has 116 valence electrons. The van der Waals surface area contributed by atoms with Gasteiger partial charge < -0.3 is 14.6 Å². The molecule has 0 bridgehead atoms. The van der Waals surface area contributed by atoms with Crippen LogP contribution < -0.4 is 4.87 Å². The Bertz CT molecular complexity index is 578. The van der Waals surface area contributed by atoms with E-state index < -0.39 is 12.0 Å². The zero-order valence-electron chi connectivity index (χ0n) is 12.1. The van der Waals surface area contributed by atoms with Crippen molar-refractivity contribution >= 4 is 23.2 Å². The summed E-state index contributed by atoms with van der Waals surface area (Å²) in [4.78, 5) is 36.4. The van der Waals surface area contributed by atoms with Crippen molar-refractivity contribution in [3.8, 4) is 0 Å². The summed E-state index contributed by atoms with van der Waals surface area (Å²) in [7, 11) is 0. The summed E-state index contributed by atoms with van der Waals surface area (Å²) < 4.78 is 1.66. The van der Waals surface area contributed by atoms with Crippen molar-refractivity contribution in [2.24, 2.45) is 0 Å². The Kier molecular flexibility index (Phi) is 5.17. The summed E-state index contributed by atoms with van der Waals surface area (Å²) >= 11 is 1.16. The second kappa shape index (κ2) is 6.89. The van der Waals surface area contributed by atoms with Gasteiger partial charge in [-0.3, -0.25) is 9.59 Å². The minimum atomic E-state index is -0.923. The molecule has 7 heteroatoms. The van der Waals surface area contributed by atoms with Crippen LogP contribution in [0.15, 0.2) is 10.2 Å². The molecule has 1 aliphatic rings. The van der Waals surface area contributed by atoms with Gasteiger partial charge in [-0.2, -0.15) is 0 Å². The number of aryl methyl sites for hydroxylation is 1. The van der Waals surface area contributed by atoms with E-state index in [1.807, 2.05) is 6.92 Å². The molecule has 0 radical (unpaired) electrons. The number of aromatic nitrogens is 1. The van der Waals surface area contributed by atoms with Crippen LogP contribution in [0.25, 0.3) is 0 Å². The molecule has 1 aromatic rings. The standard InChI is InChI=1S/C14H20N2O4S/c1-10-9-21-14(20)15(10)8-4-6-12(17)16-7-3-2-5-11(16)13(18)19/h9,11H,2-8H2,1H3,(H,18,19). The van der Waals surface area contributed by atoms with Gasteiger partial charge in [0.05, 0.1) is 0 Å². The third kappa shape index (κ3) is 3.72. The molecule has 1 saturated heterocycles. The largest absolute Gasteiger partial charge is 0.480 e. The SMILES string of the molecule is Cc1csc(=O)n1CCCC(=O)N1CCCCC1C(=O)O. The number of likely N-dealkylation sites (tertiary alicyclic amines) is 1. The quantitative estimate of drug-likeness (QED) is 0.893. The second-order valence-electron chi connectivity index (χ2n) is 5.34. The Morgan fingerprint density at radius 3 is 2.81 bits per heavy atom. The van der Waals surface area contributed by atoms with E-state index in [0.29, 0.717) is 25.9 Å². The van der Waals surface area contributed by atoms with Gasteiger partial charge in [-0.1, -0.05) is 11.3 Å². The van der Waals surface area contributed by atoms with E-state index in [2.05, 4.69) is 0 Å². The first-order chi connectivity index (χ1) is 10.0. The molecule has 0 aliphatic carbocycles. The van der Waals surface area contributed by atoms with Gasteiger partial charge in [0.25, 0.3) is 0 Å². The van der Waals surface area contributed by atoms with Crippen LogP contribution in [-0.4, -0.2) is 39.0 Å². The zero-order valence-corrected chi connectivity index (χ0v) is 12.9. The average molecular weight is 312 g/mol. The highest BCUT2D eigenvalue weighted by atomic mass is 32.1. The van der Waals surface area contributed by atoms with E-state index in [4.69, 9.17) is 5.11 Å². The highest BCUT2D eigenvalue weighted by molar-refractivity contribution is 7.07. The molecule has 6 nitrogen and oxygen atoms in total. The summed E-state index contributed by atoms with van der Waals surface area (Å²) in [5.41, 5.74) is 0.902. The number of thiazole rings is 1. The maximum Gasteiger partial charge on any atom is 0.326 e. The molecule has 1 atom stereocenters. The number of aliphatic carboxylic acids is 1. The number of piperidine rings is 1. The molecule has 0 saturated carbocycles. The Labute approximate surface area is 127 Å². The summed E-state index contributed by atoms with van der Waals surface area (Å²) in [6, 6.07) is -0.683. The molecule has 2 heterocycles. The van der Waals surface area contributed by atoms with E-state index in [0.717, 1.165) is 29.9 Å². The molecule has 1 unspecified atom stereocenters. The van der Waals surface area contributed by atoms with Gasteiger partial charge in [-0.25, -0.2) is 4.79 Å². The minimum absolute atomic E-state index is 0.0127. The van der Waals surface area contributed by atoms with Gasteiger partial charge in [0.2, 0.25) is 5.91 Å². The van der Waals surface area contributed by atoms with Crippen LogP contribution in [-0.2, 0) is 16.1 Å². The summed E-state index contributed by atoms with van der Waals surface area (Å²) in [6.07, 6.45) is 3.08. The lowest BCUT2D eigenvalue weighted by atomic mass is 10.0. The van der Waals surface area contributed by atoms with E-state index in [1.54, 1.807) is 9.95 Å². The second-order valence-corrected chi connectivity index (χ2v) is 6.16. The summed E-state index contributed by atoms with van der Waals surface area (Å²) in [5.74, 6) is -1.05. The molecule has 0 spiro atoms. The molecule has 1 aliphatic heterocycles. The van der Waals surface area contributed by atoms with E-state index in [-0.39, 0.29) is 17.2 Å². The maximum absolute atomic E-state index is 12.2. The first-order valence-electron chi connectivity index (χ1n) is 7.18. The van der Waals surface area contributed by atoms with Gasteiger partial charge in [-0.15, -0.1) is 0 Å². The third-order valence-electron chi connectivity index (χ3n) is 3.86. The lowest BCUT2D eigenvalue weighted by molar-refractivity contribution is -0.152. The van der Waals surface area contributed by atoms with Crippen molar-refractivity contribution in [1.29, 1.82) is 0 Å². The average Bonchev–Trinajstić information content (AvgIpc) is 2.78. The topological polar surface area (TPSA) is 79.6 Å². The highest BCUT2D eigenvalue weighted by Crippen LogP contribution is 2.18. The van der Waals surface area contributed by atoms with Gasteiger partial charge in [0, 0.05) is 30.6 Å². The number of nitrogens with zero attached hydrogens (tertiary/aromatic N) is 2. The van der Waals surface area contributed by atoms with Crippen LogP contribution in [0.2, 0.25) is 0 Å². The van der Waals surface area contributed by atoms with Crippen molar-refractivity contribution in [3.63, 3.8) is 0 Å². The number of rotatable bonds is 5. The van der Waals surface area contributed by atoms with Crippen LogP contribution in [0.3, 0.4) is 0 Å². The Hall–Kier alpha value is -1.63. The van der Waals surface area contributed by atoms with Gasteiger partial charge in [0.15, 0.2) is 0 Å². The lowest BCUT2D eigenvalue weighted by Gasteiger charge is -2.33. The number of amides is 1. The van der Waals surface area contributed by atoms with Crippen LogP contribution in [0, 0.1) is 6.92 Å². The molecule has 1 amide bonds. The van der Waals surface area contributed by atoms with Crippen molar-refractivity contribution in [2.75, 3.05) is 6.54 Å². The molecule has 0 aromatic carbocycles. The van der Waals surface area contributed by atoms with Crippen LogP contribution in [0.5, 0.6) is 0 Å². The number of carbonyl (C=O) groups excluding carboxylic acids is 1. The fourth-order valence-corrected chi connectivity index (χ4v) is 3.45. The van der Waals surface area contributed by atoms with Crippen LogP contribution in [0.1, 0.15) is 37.8 Å². The molecule has 21 heavy (non-hydrogen) atoms. The number of carboxylic acid groups (broad SMARTS) is 1. The number of hydrogen-bond acceptors (Lipinski definition) is 4. The van der Waals surface area contributed by atoms with Crippen LogP contribution in [0.4, 0.5) is 0 Å². The first kappa shape index (κ1) is 15.8. The van der Waals surface area contributed by atoms with Crippen LogP contribution >= 0.6 is 11.3 Å². The summed E-state index contributed by atoms with van der Waals surface area (Å²) in [6.45, 7) is 2.89. The molecule has 2 rings (SSSR count). The van der Waals surface area contributed by atoms with E-state index in [1.165, 1.54) is 4.90 Å². The normalized spacial score (nSPS) is 18.7. The highest BCUT2D eigenvalue weighted by Gasteiger charge is 2.31. The predicted molar refractivity (Wildman–Crippen MR) is 79.5 cm³/mol. The maximum atomic E-state index is 12.2. The smallest absolute Gasteiger partial charge is 0.326 e. The Morgan fingerprint density at radius 2 is 2.19 bits per heavy atom. The molecular weight excluding hydrogens is 292 g/mol. The fraction of sp³-hybridized carbons (Fsp3) is 0.643. The lowest BCUT2D eigenvalue weighted by Crippen LogP contribution is -2.47. The fourth-order valence-electron chi connectivity index (χ4n) is 2.69. The third-order valence-corrected chi connectivity index (χ3v) is 4.74. The van der Waals surface area contributed by atoms with Crippen molar-refractivity contribution in [2.45, 2.75) is 51.6 Å². The number of hydrogen-bond donors (Lipinski definition) is 1. The van der Waals surface area contributed by atoms with Crippen molar-refractivity contribution in [3.05, 3.63) is 20.7 Å². The predicted octanol–water partition coefficient (Wildman–Crippen LogP) is 1.46. The Morgan fingerprint density at radius 1 is 1.43 bits per heavy atom. The van der Waals surface area contributed by atoms with Crippen molar-refractivity contribution < 1.29 is 14.7 Å². The molecule has 1 fully saturated rings. The number of carbonyl (C=O) groups is 2. The van der Waals surface area contributed by atoms with Crippen molar-refractivity contribution in [1.82, 2.24) is 9.47 Å². The van der Waals surface area contributed by atoms with Gasteiger partial charge in [-0.05, 0) is 32.6 Å². The first-order valence-corrected chi connectivity index (χ1v) is 8.06. The number of carboxylic acids is 1. The monoisotopic (exact) mass is 312 g/mol. The van der Waals surface area contributed by atoms with Gasteiger partial charge in [0.1, 0.15) is 6.04 Å². The molecular formula is C14H20N2O4S. The zero-order chi connectivity index (χ0) is 15.4. The Balaban J connectivity index is 1.89. The molecule has 1 aromatic heterocycles. The molecule has 1 N–H and O–H groups in total. The van der Waals surface area contributed by atoms with E-state index >= 15 is 0 Å².